The van der Waals surface area contributed by atoms with Gasteiger partial charge in [0.25, 0.3) is 0 Å². The summed E-state index contributed by atoms with van der Waals surface area (Å²) in [7, 11) is 0. The molecule has 3 unspecified atom stereocenters. The highest BCUT2D eigenvalue weighted by Gasteiger charge is 2.20. The molecule has 1 aromatic rings. The summed E-state index contributed by atoms with van der Waals surface area (Å²) >= 11 is 0. The molecule has 2 rings (SSSR count). The minimum atomic E-state index is 0.284. The molecule has 0 spiro atoms. The fourth-order valence-electron chi connectivity index (χ4n) is 2.55. The Labute approximate surface area is 111 Å². The molecule has 3 atom stereocenters. The lowest BCUT2D eigenvalue weighted by molar-refractivity contribution is 0.217. The number of rotatable bonds is 5. The van der Waals surface area contributed by atoms with Crippen LogP contribution in [0.5, 0.6) is 5.75 Å². The Morgan fingerprint density at radius 2 is 2.22 bits per heavy atom. The number of nitrogens with one attached hydrogen (secondary N) is 1. The third-order valence-electron chi connectivity index (χ3n) is 3.81. The normalized spacial score (nSPS) is 24.8. The van der Waals surface area contributed by atoms with Crippen LogP contribution in [0.3, 0.4) is 0 Å². The molecule has 2 heteroatoms. The van der Waals surface area contributed by atoms with E-state index in [9.17, 15) is 0 Å². The fraction of sp³-hybridized carbons (Fsp3) is 0.625. The van der Waals surface area contributed by atoms with E-state index in [1.54, 1.807) is 0 Å². The molecule has 1 aliphatic carbocycles. The van der Waals surface area contributed by atoms with Gasteiger partial charge >= 0.3 is 0 Å². The van der Waals surface area contributed by atoms with Crippen molar-refractivity contribution in [1.82, 2.24) is 0 Å². The summed E-state index contributed by atoms with van der Waals surface area (Å²) in [5.41, 5.74) is 1.19. The van der Waals surface area contributed by atoms with Gasteiger partial charge in [-0.25, -0.2) is 0 Å². The SMILES string of the molecule is CCC(C)Oc1cccc(NC2CCC(C)C2)c1. The highest BCUT2D eigenvalue weighted by Crippen LogP contribution is 2.28. The molecule has 1 saturated carbocycles. The first-order chi connectivity index (χ1) is 8.67. The van der Waals surface area contributed by atoms with Crippen LogP contribution in [-0.4, -0.2) is 12.1 Å². The van der Waals surface area contributed by atoms with E-state index in [2.05, 4.69) is 44.3 Å². The lowest BCUT2D eigenvalue weighted by atomic mass is 10.1. The Balaban J connectivity index is 1.94. The van der Waals surface area contributed by atoms with Crippen LogP contribution in [0.4, 0.5) is 5.69 Å². The van der Waals surface area contributed by atoms with Gasteiger partial charge in [0.1, 0.15) is 5.75 Å². The molecule has 1 fully saturated rings. The third-order valence-corrected chi connectivity index (χ3v) is 3.81. The molecule has 100 valence electrons. The molecule has 2 nitrogen and oxygen atoms in total. The van der Waals surface area contributed by atoms with Gasteiger partial charge in [-0.3, -0.25) is 0 Å². The van der Waals surface area contributed by atoms with Gasteiger partial charge in [0.2, 0.25) is 0 Å². The van der Waals surface area contributed by atoms with Crippen molar-refractivity contribution in [1.29, 1.82) is 0 Å². The molecule has 0 radical (unpaired) electrons. The van der Waals surface area contributed by atoms with Gasteiger partial charge < -0.3 is 10.1 Å². The van der Waals surface area contributed by atoms with Crippen LogP contribution in [-0.2, 0) is 0 Å². The number of anilines is 1. The maximum atomic E-state index is 5.85. The first kappa shape index (κ1) is 13.3. The van der Waals surface area contributed by atoms with Gasteiger partial charge in [0, 0.05) is 17.8 Å². The van der Waals surface area contributed by atoms with Crippen molar-refractivity contribution in [2.75, 3.05) is 5.32 Å². The number of hydrogen-bond acceptors (Lipinski definition) is 2. The lowest BCUT2D eigenvalue weighted by Gasteiger charge is -2.17. The minimum absolute atomic E-state index is 0.284. The Bertz CT molecular complexity index is 377. The second kappa shape index (κ2) is 6.12. The van der Waals surface area contributed by atoms with Gasteiger partial charge in [-0.05, 0) is 50.7 Å². The third kappa shape index (κ3) is 3.66. The van der Waals surface area contributed by atoms with Gasteiger partial charge in [0.15, 0.2) is 0 Å². The second-order valence-corrected chi connectivity index (χ2v) is 5.62. The highest BCUT2D eigenvalue weighted by atomic mass is 16.5. The van der Waals surface area contributed by atoms with Crippen molar-refractivity contribution in [2.45, 2.75) is 58.6 Å². The van der Waals surface area contributed by atoms with Crippen molar-refractivity contribution in [3.8, 4) is 5.75 Å². The average molecular weight is 247 g/mol. The quantitative estimate of drug-likeness (QED) is 0.829. The van der Waals surface area contributed by atoms with Gasteiger partial charge in [-0.2, -0.15) is 0 Å². The summed E-state index contributed by atoms with van der Waals surface area (Å²) in [6, 6.07) is 8.99. The van der Waals surface area contributed by atoms with E-state index in [-0.39, 0.29) is 6.10 Å². The zero-order valence-corrected chi connectivity index (χ0v) is 11.8. The largest absolute Gasteiger partial charge is 0.491 e. The van der Waals surface area contributed by atoms with Gasteiger partial charge in [0.05, 0.1) is 6.10 Å². The van der Waals surface area contributed by atoms with Crippen molar-refractivity contribution in [3.05, 3.63) is 24.3 Å². The van der Waals surface area contributed by atoms with Gasteiger partial charge in [-0.1, -0.05) is 19.9 Å². The summed E-state index contributed by atoms with van der Waals surface area (Å²) in [4.78, 5) is 0. The number of hydrogen-bond donors (Lipinski definition) is 1. The standard InChI is InChI=1S/C16H25NO/c1-4-13(3)18-16-7-5-6-14(11-16)17-15-9-8-12(2)10-15/h5-7,11-13,15,17H,4,8-10H2,1-3H3. The summed E-state index contributed by atoms with van der Waals surface area (Å²) in [5, 5.41) is 3.62. The summed E-state index contributed by atoms with van der Waals surface area (Å²) < 4.78 is 5.85. The van der Waals surface area contributed by atoms with Crippen LogP contribution in [0, 0.1) is 5.92 Å². The Morgan fingerprint density at radius 1 is 1.39 bits per heavy atom. The minimum Gasteiger partial charge on any atom is -0.491 e. The van der Waals surface area contributed by atoms with E-state index in [4.69, 9.17) is 4.74 Å². The van der Waals surface area contributed by atoms with E-state index >= 15 is 0 Å². The van der Waals surface area contributed by atoms with E-state index in [0.717, 1.165) is 18.1 Å². The molecule has 0 saturated heterocycles. The highest BCUT2D eigenvalue weighted by molar-refractivity contribution is 5.49. The Morgan fingerprint density at radius 3 is 2.89 bits per heavy atom. The summed E-state index contributed by atoms with van der Waals surface area (Å²) in [5.74, 6) is 1.84. The zero-order valence-electron chi connectivity index (χ0n) is 11.8. The Hall–Kier alpha value is -1.18. The van der Waals surface area contributed by atoms with Gasteiger partial charge in [-0.15, -0.1) is 0 Å². The number of ether oxygens (including phenoxy) is 1. The van der Waals surface area contributed by atoms with Crippen molar-refractivity contribution < 1.29 is 4.74 Å². The molecule has 0 bridgehead atoms. The molecular formula is C16H25NO. The predicted octanol–water partition coefficient (Wildman–Crippen LogP) is 4.46. The molecule has 1 N–H and O–H groups in total. The predicted molar refractivity (Wildman–Crippen MR) is 77.2 cm³/mol. The van der Waals surface area contributed by atoms with E-state index in [1.807, 2.05) is 6.07 Å². The fourth-order valence-corrected chi connectivity index (χ4v) is 2.55. The maximum absolute atomic E-state index is 5.85. The van der Waals surface area contributed by atoms with Crippen molar-refractivity contribution in [3.63, 3.8) is 0 Å². The van der Waals surface area contributed by atoms with E-state index in [0.29, 0.717) is 6.04 Å². The molecule has 1 aliphatic rings. The molecule has 0 heterocycles. The van der Waals surface area contributed by atoms with Crippen LogP contribution in [0.25, 0.3) is 0 Å². The molecule has 18 heavy (non-hydrogen) atoms. The number of benzene rings is 1. The lowest BCUT2D eigenvalue weighted by Crippen LogP contribution is -2.15. The zero-order chi connectivity index (χ0) is 13.0. The van der Waals surface area contributed by atoms with E-state index < -0.39 is 0 Å². The van der Waals surface area contributed by atoms with Crippen molar-refractivity contribution in [2.24, 2.45) is 5.92 Å². The molecule has 0 amide bonds. The topological polar surface area (TPSA) is 21.3 Å². The van der Waals surface area contributed by atoms with Crippen LogP contribution in [0.15, 0.2) is 24.3 Å². The monoisotopic (exact) mass is 247 g/mol. The van der Waals surface area contributed by atoms with Crippen LogP contribution < -0.4 is 10.1 Å². The molecule has 0 aliphatic heterocycles. The van der Waals surface area contributed by atoms with Crippen LogP contribution >= 0.6 is 0 Å². The van der Waals surface area contributed by atoms with Crippen molar-refractivity contribution >= 4 is 5.69 Å². The summed E-state index contributed by atoms with van der Waals surface area (Å²) in [6.45, 7) is 6.59. The molecule has 0 aromatic heterocycles. The average Bonchev–Trinajstić information content (AvgIpc) is 2.75. The van der Waals surface area contributed by atoms with E-state index in [1.165, 1.54) is 24.9 Å². The first-order valence-corrected chi connectivity index (χ1v) is 7.20. The van der Waals surface area contributed by atoms with Crippen LogP contribution in [0.1, 0.15) is 46.5 Å². The second-order valence-electron chi connectivity index (χ2n) is 5.62. The molecule has 1 aromatic carbocycles. The van der Waals surface area contributed by atoms with Crippen LogP contribution in [0.2, 0.25) is 0 Å². The smallest absolute Gasteiger partial charge is 0.121 e. The Kier molecular flexibility index (Phi) is 4.51. The molecular weight excluding hydrogens is 222 g/mol. The summed E-state index contributed by atoms with van der Waals surface area (Å²) in [6.07, 6.45) is 5.25. The first-order valence-electron chi connectivity index (χ1n) is 7.20. The maximum Gasteiger partial charge on any atom is 0.121 e.